The molecule has 0 aliphatic carbocycles. The van der Waals surface area contributed by atoms with Crippen molar-refractivity contribution in [2.24, 2.45) is 0 Å². The van der Waals surface area contributed by atoms with Crippen molar-refractivity contribution in [3.63, 3.8) is 0 Å². The molecule has 1 aromatic heterocycles. The second kappa shape index (κ2) is 6.97. The molecule has 0 aromatic carbocycles. The highest BCUT2D eigenvalue weighted by molar-refractivity contribution is 5.98. The van der Waals surface area contributed by atoms with Crippen LogP contribution in [0.25, 0.3) is 0 Å². The number of hydrogen-bond donors (Lipinski definition) is 2. The predicted molar refractivity (Wildman–Crippen MR) is 67.3 cm³/mol. The van der Waals surface area contributed by atoms with Crippen LogP contribution in [0, 0.1) is 0 Å². The zero-order valence-corrected chi connectivity index (χ0v) is 11.0. The molecule has 0 aliphatic heterocycles. The molecule has 0 bridgehead atoms. The van der Waals surface area contributed by atoms with Gasteiger partial charge in [0.1, 0.15) is 11.4 Å². The van der Waals surface area contributed by atoms with Crippen LogP contribution in [0.2, 0.25) is 0 Å². The Bertz CT molecular complexity index is 380. The summed E-state index contributed by atoms with van der Waals surface area (Å²) in [5, 5.41) is 6.30. The van der Waals surface area contributed by atoms with Crippen molar-refractivity contribution in [1.29, 1.82) is 0 Å². The summed E-state index contributed by atoms with van der Waals surface area (Å²) in [7, 11) is 3.19. The summed E-state index contributed by atoms with van der Waals surface area (Å²) < 4.78 is 10.1. The third-order valence-electron chi connectivity index (χ3n) is 2.64. The van der Waals surface area contributed by atoms with E-state index in [1.54, 1.807) is 19.1 Å². The first-order chi connectivity index (χ1) is 8.61. The van der Waals surface area contributed by atoms with E-state index in [1.165, 1.54) is 6.20 Å². The number of aromatic amines is 1. The standard InChI is InChI=1S/C11H20N4O3/c1-8(7-18-3)15(4-5-17-2)11(16)9-6-13-14-10(9)12/h6,8H,4-5,7H2,1-3H3,(H3,12,13,14). The molecule has 1 atom stereocenters. The molecule has 1 amide bonds. The quantitative estimate of drug-likeness (QED) is 0.722. The highest BCUT2D eigenvalue weighted by Gasteiger charge is 2.23. The van der Waals surface area contributed by atoms with E-state index in [-0.39, 0.29) is 17.8 Å². The van der Waals surface area contributed by atoms with Crippen LogP contribution in [0.3, 0.4) is 0 Å². The van der Waals surface area contributed by atoms with E-state index in [1.807, 2.05) is 6.92 Å². The average molecular weight is 256 g/mol. The Morgan fingerprint density at radius 3 is 2.78 bits per heavy atom. The smallest absolute Gasteiger partial charge is 0.259 e. The number of methoxy groups -OCH3 is 2. The molecule has 7 nitrogen and oxygen atoms in total. The van der Waals surface area contributed by atoms with E-state index >= 15 is 0 Å². The highest BCUT2D eigenvalue weighted by Crippen LogP contribution is 2.12. The lowest BCUT2D eigenvalue weighted by atomic mass is 10.2. The summed E-state index contributed by atoms with van der Waals surface area (Å²) >= 11 is 0. The minimum absolute atomic E-state index is 0.0630. The first kappa shape index (κ1) is 14.5. The number of nitrogens with two attached hydrogens (primary N) is 1. The van der Waals surface area contributed by atoms with Gasteiger partial charge in [0.15, 0.2) is 0 Å². The molecule has 1 heterocycles. The second-order valence-electron chi connectivity index (χ2n) is 3.99. The van der Waals surface area contributed by atoms with Crippen molar-refractivity contribution >= 4 is 11.7 Å². The summed E-state index contributed by atoms with van der Waals surface area (Å²) in [6.07, 6.45) is 1.43. The Hall–Kier alpha value is -1.60. The van der Waals surface area contributed by atoms with Gasteiger partial charge in [-0.3, -0.25) is 9.89 Å². The van der Waals surface area contributed by atoms with E-state index in [9.17, 15) is 4.79 Å². The van der Waals surface area contributed by atoms with Crippen LogP contribution < -0.4 is 5.73 Å². The van der Waals surface area contributed by atoms with Crippen molar-refractivity contribution in [1.82, 2.24) is 15.1 Å². The lowest BCUT2D eigenvalue weighted by Crippen LogP contribution is -2.43. The van der Waals surface area contributed by atoms with Gasteiger partial charge in [-0.05, 0) is 6.92 Å². The summed E-state index contributed by atoms with van der Waals surface area (Å²) in [5.74, 6) is 0.0925. The van der Waals surface area contributed by atoms with Gasteiger partial charge in [-0.1, -0.05) is 0 Å². The topological polar surface area (TPSA) is 93.5 Å². The Balaban J connectivity index is 2.81. The number of ether oxygens (including phenoxy) is 2. The average Bonchev–Trinajstić information content (AvgIpc) is 2.76. The van der Waals surface area contributed by atoms with Crippen molar-refractivity contribution < 1.29 is 14.3 Å². The van der Waals surface area contributed by atoms with Gasteiger partial charge in [0.25, 0.3) is 5.91 Å². The van der Waals surface area contributed by atoms with Crippen LogP contribution in [0.15, 0.2) is 6.20 Å². The van der Waals surface area contributed by atoms with E-state index in [0.29, 0.717) is 25.3 Å². The molecule has 0 aliphatic rings. The maximum atomic E-state index is 12.3. The monoisotopic (exact) mass is 256 g/mol. The van der Waals surface area contributed by atoms with Gasteiger partial charge in [0, 0.05) is 20.8 Å². The van der Waals surface area contributed by atoms with Crippen LogP contribution in [0.5, 0.6) is 0 Å². The third kappa shape index (κ3) is 3.44. The number of nitrogens with zero attached hydrogens (tertiary/aromatic N) is 2. The molecule has 0 saturated carbocycles. The third-order valence-corrected chi connectivity index (χ3v) is 2.64. The van der Waals surface area contributed by atoms with Gasteiger partial charge < -0.3 is 20.1 Å². The fourth-order valence-corrected chi connectivity index (χ4v) is 1.66. The second-order valence-corrected chi connectivity index (χ2v) is 3.99. The maximum Gasteiger partial charge on any atom is 0.259 e. The first-order valence-corrected chi connectivity index (χ1v) is 5.69. The summed E-state index contributed by atoms with van der Waals surface area (Å²) in [4.78, 5) is 14.0. The molecule has 0 fully saturated rings. The van der Waals surface area contributed by atoms with Crippen LogP contribution in [0.1, 0.15) is 17.3 Å². The highest BCUT2D eigenvalue weighted by atomic mass is 16.5. The largest absolute Gasteiger partial charge is 0.383 e. The number of rotatable bonds is 7. The molecule has 0 radical (unpaired) electrons. The molecule has 1 aromatic rings. The fraction of sp³-hybridized carbons (Fsp3) is 0.636. The van der Waals surface area contributed by atoms with E-state index in [0.717, 1.165) is 0 Å². The number of hydrogen-bond acceptors (Lipinski definition) is 5. The van der Waals surface area contributed by atoms with Gasteiger partial charge in [-0.2, -0.15) is 5.10 Å². The minimum atomic E-state index is -0.178. The lowest BCUT2D eigenvalue weighted by molar-refractivity contribution is 0.0480. The number of carbonyl (C=O) groups is 1. The maximum absolute atomic E-state index is 12.3. The number of nitrogens with one attached hydrogen (secondary N) is 1. The Morgan fingerprint density at radius 2 is 2.28 bits per heavy atom. The number of anilines is 1. The zero-order chi connectivity index (χ0) is 13.5. The summed E-state index contributed by atoms with van der Waals surface area (Å²) in [5.41, 5.74) is 6.02. The van der Waals surface area contributed by atoms with Gasteiger partial charge in [0.05, 0.1) is 25.5 Å². The van der Waals surface area contributed by atoms with Crippen molar-refractivity contribution in [2.45, 2.75) is 13.0 Å². The van der Waals surface area contributed by atoms with Gasteiger partial charge in [-0.15, -0.1) is 0 Å². The molecule has 3 N–H and O–H groups in total. The normalized spacial score (nSPS) is 12.4. The van der Waals surface area contributed by atoms with E-state index in [2.05, 4.69) is 10.2 Å². The van der Waals surface area contributed by atoms with Gasteiger partial charge in [-0.25, -0.2) is 0 Å². The minimum Gasteiger partial charge on any atom is -0.383 e. The van der Waals surface area contributed by atoms with Crippen LogP contribution in [0.4, 0.5) is 5.82 Å². The molecular formula is C11H20N4O3. The SMILES string of the molecule is COCCN(C(=O)c1cn[nH]c1N)C(C)COC. The van der Waals surface area contributed by atoms with Crippen molar-refractivity contribution in [2.75, 3.05) is 39.7 Å². The lowest BCUT2D eigenvalue weighted by Gasteiger charge is -2.28. The predicted octanol–water partition coefficient (Wildman–Crippen LogP) is 0.115. The first-order valence-electron chi connectivity index (χ1n) is 5.69. The Kier molecular flexibility index (Phi) is 5.60. The van der Waals surface area contributed by atoms with Gasteiger partial charge in [0.2, 0.25) is 0 Å². The van der Waals surface area contributed by atoms with Crippen LogP contribution in [-0.2, 0) is 9.47 Å². The molecule has 0 saturated heterocycles. The molecule has 7 heteroatoms. The Morgan fingerprint density at radius 1 is 1.56 bits per heavy atom. The molecular weight excluding hydrogens is 236 g/mol. The zero-order valence-electron chi connectivity index (χ0n) is 11.0. The molecule has 0 spiro atoms. The number of H-pyrrole nitrogens is 1. The van der Waals surface area contributed by atoms with Gasteiger partial charge >= 0.3 is 0 Å². The van der Waals surface area contributed by atoms with Crippen LogP contribution >= 0.6 is 0 Å². The molecule has 102 valence electrons. The number of carbonyl (C=O) groups excluding carboxylic acids is 1. The molecule has 1 unspecified atom stereocenters. The Labute approximate surface area is 106 Å². The number of amides is 1. The summed E-state index contributed by atoms with van der Waals surface area (Å²) in [6, 6.07) is -0.0630. The molecule has 1 rings (SSSR count). The number of aromatic nitrogens is 2. The van der Waals surface area contributed by atoms with E-state index < -0.39 is 0 Å². The van der Waals surface area contributed by atoms with E-state index in [4.69, 9.17) is 15.2 Å². The van der Waals surface area contributed by atoms with Crippen molar-refractivity contribution in [3.8, 4) is 0 Å². The molecule has 18 heavy (non-hydrogen) atoms. The fourth-order valence-electron chi connectivity index (χ4n) is 1.66. The number of nitrogen functional groups attached to an aromatic ring is 1. The van der Waals surface area contributed by atoms with Crippen LogP contribution in [-0.4, -0.2) is 61.0 Å². The summed E-state index contributed by atoms with van der Waals surface area (Å²) in [6.45, 7) is 3.29. The van der Waals surface area contributed by atoms with Crippen molar-refractivity contribution in [3.05, 3.63) is 11.8 Å².